The van der Waals surface area contributed by atoms with Crippen molar-refractivity contribution in [1.29, 1.82) is 0 Å². The number of ether oxygens (including phenoxy) is 1. The molecule has 0 spiro atoms. The number of carboxylic acid groups (broad SMARTS) is 1. The van der Waals surface area contributed by atoms with Gasteiger partial charge in [-0.15, -0.1) is 0 Å². The number of phenolic OH excluding ortho intramolecular Hbond substituents is 1. The Morgan fingerprint density at radius 1 is 1.03 bits per heavy atom. The number of nitrogens with one attached hydrogen (secondary N) is 1. The Morgan fingerprint density at radius 2 is 1.67 bits per heavy atom. The molecule has 10 heteroatoms. The molecule has 1 fully saturated rings. The third kappa shape index (κ3) is 6.97. The van der Waals surface area contributed by atoms with Crippen LogP contribution in [0.2, 0.25) is 0 Å². The molecule has 166 valence electrons. The maximum absolute atomic E-state index is 13.2. The fourth-order valence-corrected chi connectivity index (χ4v) is 3.10. The molecule has 7 N–H and O–H groups in total. The number of epoxide rings is 1. The van der Waals surface area contributed by atoms with Crippen LogP contribution in [0.15, 0.2) is 24.3 Å². The molecule has 3 atom stereocenters. The van der Waals surface area contributed by atoms with E-state index in [0.29, 0.717) is 32.6 Å². The van der Waals surface area contributed by atoms with E-state index >= 15 is 0 Å². The van der Waals surface area contributed by atoms with E-state index in [0.717, 1.165) is 18.4 Å². The largest absolute Gasteiger partial charge is 0.508 e. The minimum absolute atomic E-state index is 0.0905. The zero-order valence-electron chi connectivity index (χ0n) is 16.8. The number of nitrogens with zero attached hydrogens (tertiary/aromatic N) is 1. The van der Waals surface area contributed by atoms with Crippen molar-refractivity contribution in [2.24, 2.45) is 11.5 Å². The summed E-state index contributed by atoms with van der Waals surface area (Å²) in [5.41, 5.74) is 11.9. The fourth-order valence-electron chi connectivity index (χ4n) is 3.10. The Kier molecular flexibility index (Phi) is 9.03. The van der Waals surface area contributed by atoms with E-state index < -0.39 is 30.1 Å². The lowest BCUT2D eigenvalue weighted by Crippen LogP contribution is -2.51. The quantitative estimate of drug-likeness (QED) is 0.203. The van der Waals surface area contributed by atoms with Gasteiger partial charge >= 0.3 is 5.97 Å². The first-order valence-electron chi connectivity index (χ1n) is 10.0. The number of amides is 2. The number of rotatable bonds is 13. The van der Waals surface area contributed by atoms with Crippen molar-refractivity contribution in [3.05, 3.63) is 29.8 Å². The van der Waals surface area contributed by atoms with Gasteiger partial charge in [0.25, 0.3) is 5.91 Å². The van der Waals surface area contributed by atoms with Gasteiger partial charge in [-0.25, -0.2) is 4.79 Å². The Morgan fingerprint density at radius 3 is 2.23 bits per heavy atom. The number of hydrogen-bond donors (Lipinski definition) is 5. The molecule has 1 aliphatic rings. The molecule has 0 unspecified atom stereocenters. The number of nitrogens with two attached hydrogens (primary N) is 2. The van der Waals surface area contributed by atoms with Crippen LogP contribution < -0.4 is 16.8 Å². The molecule has 2 amide bonds. The second-order valence-corrected chi connectivity index (χ2v) is 7.21. The number of unbranched alkanes of at least 4 members (excludes halogenated alkanes) is 1. The normalized spacial score (nSPS) is 18.5. The molecule has 30 heavy (non-hydrogen) atoms. The number of carboxylic acids is 1. The van der Waals surface area contributed by atoms with Crippen molar-refractivity contribution in [2.75, 3.05) is 26.2 Å². The van der Waals surface area contributed by atoms with E-state index in [1.54, 1.807) is 17.0 Å². The zero-order chi connectivity index (χ0) is 22.1. The van der Waals surface area contributed by atoms with Gasteiger partial charge in [0, 0.05) is 19.5 Å². The molecule has 1 aromatic carbocycles. The monoisotopic (exact) mass is 422 g/mol. The lowest BCUT2D eigenvalue weighted by Gasteiger charge is -2.28. The summed E-state index contributed by atoms with van der Waals surface area (Å²) in [6.07, 6.45) is -0.0107. The molecular formula is C20H30N4O6. The lowest BCUT2D eigenvalue weighted by molar-refractivity contribution is -0.138. The first kappa shape index (κ1) is 23.6. The number of aromatic hydroxyl groups is 1. The van der Waals surface area contributed by atoms with Gasteiger partial charge < -0.3 is 36.6 Å². The smallest absolute Gasteiger partial charge is 0.336 e. The van der Waals surface area contributed by atoms with Crippen LogP contribution in [0.1, 0.15) is 24.8 Å². The van der Waals surface area contributed by atoms with Gasteiger partial charge in [-0.3, -0.25) is 9.59 Å². The highest BCUT2D eigenvalue weighted by Gasteiger charge is 2.51. The van der Waals surface area contributed by atoms with Gasteiger partial charge in [0.05, 0.1) is 0 Å². The summed E-state index contributed by atoms with van der Waals surface area (Å²) in [5, 5.41) is 21.1. The van der Waals surface area contributed by atoms with Gasteiger partial charge in [0.2, 0.25) is 5.91 Å². The van der Waals surface area contributed by atoms with Crippen molar-refractivity contribution in [2.45, 2.75) is 43.9 Å². The Labute approximate surface area is 175 Å². The molecule has 0 saturated carbocycles. The van der Waals surface area contributed by atoms with E-state index in [1.807, 2.05) is 0 Å². The highest BCUT2D eigenvalue weighted by molar-refractivity contribution is 5.95. The van der Waals surface area contributed by atoms with E-state index in [2.05, 4.69) is 5.32 Å². The highest BCUT2D eigenvalue weighted by atomic mass is 16.6. The molecule has 1 aliphatic heterocycles. The Hall–Kier alpha value is -2.69. The molecule has 0 bridgehead atoms. The van der Waals surface area contributed by atoms with Gasteiger partial charge in [-0.1, -0.05) is 12.1 Å². The number of carbonyl (C=O) groups is 3. The van der Waals surface area contributed by atoms with Crippen molar-refractivity contribution in [3.8, 4) is 5.75 Å². The van der Waals surface area contributed by atoms with Crippen LogP contribution in [-0.2, 0) is 25.5 Å². The van der Waals surface area contributed by atoms with Gasteiger partial charge in [-0.05, 0) is 50.0 Å². The van der Waals surface area contributed by atoms with E-state index in [4.69, 9.17) is 21.3 Å². The third-order valence-corrected chi connectivity index (χ3v) is 4.81. The molecule has 1 saturated heterocycles. The van der Waals surface area contributed by atoms with Crippen molar-refractivity contribution < 1.29 is 29.3 Å². The van der Waals surface area contributed by atoms with Crippen LogP contribution in [0.4, 0.5) is 0 Å². The summed E-state index contributed by atoms with van der Waals surface area (Å²) < 4.78 is 4.89. The summed E-state index contributed by atoms with van der Waals surface area (Å²) in [6, 6.07) is 5.41. The number of aliphatic carboxylic acids is 1. The summed E-state index contributed by atoms with van der Waals surface area (Å²) in [6.45, 7) is 1.86. The lowest BCUT2D eigenvalue weighted by atomic mass is 10.0. The second kappa shape index (κ2) is 11.5. The first-order valence-corrected chi connectivity index (χ1v) is 10.0. The molecular weight excluding hydrogens is 392 g/mol. The molecule has 0 aromatic heterocycles. The molecule has 1 aromatic rings. The maximum atomic E-state index is 13.2. The minimum atomic E-state index is -1.22. The molecule has 1 heterocycles. The van der Waals surface area contributed by atoms with Crippen LogP contribution >= 0.6 is 0 Å². The van der Waals surface area contributed by atoms with Crippen LogP contribution in [0.3, 0.4) is 0 Å². The zero-order valence-corrected chi connectivity index (χ0v) is 16.8. The van der Waals surface area contributed by atoms with Crippen LogP contribution in [-0.4, -0.2) is 77.3 Å². The average molecular weight is 422 g/mol. The number of hydrogen-bond acceptors (Lipinski definition) is 7. The van der Waals surface area contributed by atoms with Crippen LogP contribution in [0.5, 0.6) is 5.75 Å². The molecule has 2 rings (SSSR count). The maximum Gasteiger partial charge on any atom is 0.336 e. The van der Waals surface area contributed by atoms with Crippen molar-refractivity contribution in [1.82, 2.24) is 10.2 Å². The first-order chi connectivity index (χ1) is 14.4. The van der Waals surface area contributed by atoms with E-state index in [9.17, 15) is 19.5 Å². The average Bonchev–Trinajstić information content (AvgIpc) is 3.52. The van der Waals surface area contributed by atoms with Crippen molar-refractivity contribution >= 4 is 17.8 Å². The number of benzene rings is 1. The summed E-state index contributed by atoms with van der Waals surface area (Å²) in [7, 11) is 0. The van der Waals surface area contributed by atoms with Crippen LogP contribution in [0.25, 0.3) is 0 Å². The predicted octanol–water partition coefficient (Wildman–Crippen LogP) is -0.812. The van der Waals surface area contributed by atoms with Gasteiger partial charge in [0.1, 0.15) is 11.8 Å². The van der Waals surface area contributed by atoms with E-state index in [1.165, 1.54) is 12.1 Å². The fraction of sp³-hybridized carbons (Fsp3) is 0.550. The summed E-state index contributed by atoms with van der Waals surface area (Å²) in [5.74, 6) is -2.05. The van der Waals surface area contributed by atoms with Crippen molar-refractivity contribution in [3.63, 3.8) is 0 Å². The standard InChI is InChI=1S/C20H30N4O6/c21-8-1-2-10-24(11-3-9-22)19(27)15(12-13-4-6-14(25)7-5-13)23-18(26)16-17(30-16)20(28)29/h4-7,15-17,25H,1-3,8-12,21-22H2,(H,23,26)(H,28,29)/t15-,16-,17-/m0/s1. The van der Waals surface area contributed by atoms with Gasteiger partial charge in [-0.2, -0.15) is 0 Å². The third-order valence-electron chi connectivity index (χ3n) is 4.81. The van der Waals surface area contributed by atoms with E-state index in [-0.39, 0.29) is 18.1 Å². The highest BCUT2D eigenvalue weighted by Crippen LogP contribution is 2.23. The Balaban J connectivity index is 2.14. The Bertz CT molecular complexity index is 727. The molecule has 0 radical (unpaired) electrons. The minimum Gasteiger partial charge on any atom is -0.508 e. The SMILES string of the molecule is NCCCCN(CCCN)C(=O)[C@H](Cc1ccc(O)cc1)NC(=O)[C@H]1O[C@@H]1C(=O)O. The second-order valence-electron chi connectivity index (χ2n) is 7.21. The molecule has 0 aliphatic carbocycles. The number of carbonyl (C=O) groups excluding carboxylic acids is 2. The van der Waals surface area contributed by atoms with Crippen LogP contribution in [0, 0.1) is 0 Å². The summed E-state index contributed by atoms with van der Waals surface area (Å²) in [4.78, 5) is 38.3. The summed E-state index contributed by atoms with van der Waals surface area (Å²) >= 11 is 0. The topological polar surface area (TPSA) is 172 Å². The predicted molar refractivity (Wildman–Crippen MR) is 109 cm³/mol. The number of phenols is 1. The molecule has 10 nitrogen and oxygen atoms in total. The van der Waals surface area contributed by atoms with Gasteiger partial charge in [0.15, 0.2) is 12.2 Å².